The van der Waals surface area contributed by atoms with Crippen molar-refractivity contribution in [3.63, 3.8) is 0 Å². The molecule has 0 amide bonds. The summed E-state index contributed by atoms with van der Waals surface area (Å²) in [5, 5.41) is 10.9. The van der Waals surface area contributed by atoms with Gasteiger partial charge in [-0.25, -0.2) is 0 Å². The molecule has 0 saturated heterocycles. The molecule has 0 aliphatic rings. The van der Waals surface area contributed by atoms with Gasteiger partial charge in [-0.15, -0.1) is 0 Å². The van der Waals surface area contributed by atoms with Crippen molar-refractivity contribution >= 4 is 22.5 Å². The SMILES string of the molecule is CC(CCCCCC(=O)c1cccc2ccccc12)C(=O)O. The number of hydrogen-bond acceptors (Lipinski definition) is 2. The highest BCUT2D eigenvalue weighted by atomic mass is 16.4. The van der Waals surface area contributed by atoms with Gasteiger partial charge in [0.2, 0.25) is 0 Å². The number of fused-ring (bicyclic) bond motifs is 1. The Hall–Kier alpha value is -2.16. The fraction of sp³-hybridized carbons (Fsp3) is 0.368. The molecule has 22 heavy (non-hydrogen) atoms. The minimum absolute atomic E-state index is 0.170. The van der Waals surface area contributed by atoms with Gasteiger partial charge in [-0.2, -0.15) is 0 Å². The second kappa shape index (κ2) is 7.74. The van der Waals surface area contributed by atoms with Crippen molar-refractivity contribution in [1.29, 1.82) is 0 Å². The predicted octanol–water partition coefficient (Wildman–Crippen LogP) is 4.69. The van der Waals surface area contributed by atoms with Crippen LogP contribution in [-0.2, 0) is 4.79 Å². The first-order valence-electron chi connectivity index (χ1n) is 7.83. The minimum Gasteiger partial charge on any atom is -0.481 e. The third-order valence-corrected chi connectivity index (χ3v) is 4.05. The van der Waals surface area contributed by atoms with Crippen LogP contribution < -0.4 is 0 Å². The molecule has 2 aromatic carbocycles. The van der Waals surface area contributed by atoms with Crippen LogP contribution >= 0.6 is 0 Å². The summed E-state index contributed by atoms with van der Waals surface area (Å²) in [5.41, 5.74) is 0.789. The maximum Gasteiger partial charge on any atom is 0.306 e. The smallest absolute Gasteiger partial charge is 0.306 e. The van der Waals surface area contributed by atoms with Crippen LogP contribution in [-0.4, -0.2) is 16.9 Å². The Bertz CT molecular complexity index is 655. The van der Waals surface area contributed by atoms with Gasteiger partial charge >= 0.3 is 5.97 Å². The number of carbonyl (C=O) groups excluding carboxylic acids is 1. The lowest BCUT2D eigenvalue weighted by Crippen LogP contribution is -2.09. The number of carboxylic acids is 1. The van der Waals surface area contributed by atoms with Gasteiger partial charge in [-0.3, -0.25) is 9.59 Å². The Balaban J connectivity index is 1.86. The normalized spacial score (nSPS) is 12.2. The molecule has 0 saturated carbocycles. The first kappa shape index (κ1) is 16.2. The summed E-state index contributed by atoms with van der Waals surface area (Å²) in [6.45, 7) is 1.73. The monoisotopic (exact) mass is 298 g/mol. The van der Waals surface area contributed by atoms with Crippen LogP contribution in [0.15, 0.2) is 42.5 Å². The van der Waals surface area contributed by atoms with Gasteiger partial charge in [-0.05, 0) is 23.6 Å². The van der Waals surface area contributed by atoms with Gasteiger partial charge < -0.3 is 5.11 Å². The van der Waals surface area contributed by atoms with Crippen LogP contribution in [0.4, 0.5) is 0 Å². The molecule has 3 nitrogen and oxygen atoms in total. The second-order valence-electron chi connectivity index (χ2n) is 5.79. The number of unbranched alkanes of at least 4 members (excludes halogenated alkanes) is 2. The summed E-state index contributed by atoms with van der Waals surface area (Å²) in [5.74, 6) is -0.872. The highest BCUT2D eigenvalue weighted by Crippen LogP contribution is 2.21. The van der Waals surface area contributed by atoms with E-state index in [4.69, 9.17) is 5.11 Å². The van der Waals surface area contributed by atoms with Crippen molar-refractivity contribution in [2.75, 3.05) is 0 Å². The molecule has 0 radical (unpaired) electrons. The largest absolute Gasteiger partial charge is 0.481 e. The molecule has 1 N–H and O–H groups in total. The number of Topliss-reactive ketones (excluding diaryl/α,β-unsaturated/α-hetero) is 1. The summed E-state index contributed by atoms with van der Waals surface area (Å²) in [7, 11) is 0. The average molecular weight is 298 g/mol. The van der Waals surface area contributed by atoms with Gasteiger partial charge in [0.05, 0.1) is 5.92 Å². The number of aliphatic carboxylic acids is 1. The fourth-order valence-electron chi connectivity index (χ4n) is 2.64. The standard InChI is InChI=1S/C19H22O3/c1-14(19(21)22)8-3-2-4-13-18(20)17-12-7-10-15-9-5-6-11-16(15)17/h5-7,9-12,14H,2-4,8,13H2,1H3,(H,21,22). The number of carboxylic acid groups (broad SMARTS) is 1. The molecular formula is C19H22O3. The maximum atomic E-state index is 12.4. The second-order valence-corrected chi connectivity index (χ2v) is 5.79. The zero-order valence-electron chi connectivity index (χ0n) is 12.9. The Morgan fingerprint density at radius 3 is 2.50 bits per heavy atom. The molecule has 0 aliphatic heterocycles. The number of ketones is 1. The lowest BCUT2D eigenvalue weighted by Gasteiger charge is -2.07. The molecule has 0 aliphatic carbocycles. The van der Waals surface area contributed by atoms with Crippen LogP contribution in [0.3, 0.4) is 0 Å². The quantitative estimate of drug-likeness (QED) is 0.568. The topological polar surface area (TPSA) is 54.4 Å². The summed E-state index contributed by atoms with van der Waals surface area (Å²) < 4.78 is 0. The number of benzene rings is 2. The third kappa shape index (κ3) is 4.17. The molecule has 0 heterocycles. The number of hydrogen-bond donors (Lipinski definition) is 1. The van der Waals surface area contributed by atoms with E-state index in [1.54, 1.807) is 6.92 Å². The average Bonchev–Trinajstić information content (AvgIpc) is 2.53. The molecule has 0 bridgehead atoms. The van der Waals surface area contributed by atoms with E-state index in [-0.39, 0.29) is 11.7 Å². The van der Waals surface area contributed by atoms with Gasteiger partial charge in [0.15, 0.2) is 5.78 Å². The molecule has 2 rings (SSSR count). The first-order chi connectivity index (χ1) is 10.6. The van der Waals surface area contributed by atoms with Crippen LogP contribution in [0.25, 0.3) is 10.8 Å². The van der Waals surface area contributed by atoms with E-state index in [1.807, 2.05) is 42.5 Å². The molecule has 1 atom stereocenters. The molecule has 1 unspecified atom stereocenters. The summed E-state index contributed by atoms with van der Waals surface area (Å²) in [4.78, 5) is 23.1. The van der Waals surface area contributed by atoms with Crippen LogP contribution in [0.1, 0.15) is 49.4 Å². The fourth-order valence-corrected chi connectivity index (χ4v) is 2.64. The molecule has 2 aromatic rings. The predicted molar refractivity (Wildman–Crippen MR) is 88.2 cm³/mol. The molecule has 116 valence electrons. The Morgan fingerprint density at radius 1 is 1.00 bits per heavy atom. The first-order valence-corrected chi connectivity index (χ1v) is 7.83. The maximum absolute atomic E-state index is 12.4. The zero-order chi connectivity index (χ0) is 15.9. The Labute approximate surface area is 131 Å². The number of carbonyl (C=O) groups is 2. The van der Waals surface area contributed by atoms with Crippen molar-refractivity contribution in [1.82, 2.24) is 0 Å². The van der Waals surface area contributed by atoms with E-state index >= 15 is 0 Å². The van der Waals surface area contributed by atoms with Crippen LogP contribution in [0.2, 0.25) is 0 Å². The van der Waals surface area contributed by atoms with E-state index in [0.717, 1.165) is 35.6 Å². The summed E-state index contributed by atoms with van der Waals surface area (Å²) in [6.07, 6.45) is 3.77. The molecule has 0 spiro atoms. The van der Waals surface area contributed by atoms with Gasteiger partial charge in [0, 0.05) is 12.0 Å². The minimum atomic E-state index is -0.744. The van der Waals surface area contributed by atoms with Gasteiger partial charge in [-0.1, -0.05) is 62.2 Å². The van der Waals surface area contributed by atoms with Gasteiger partial charge in [0.25, 0.3) is 0 Å². The lowest BCUT2D eigenvalue weighted by atomic mass is 9.97. The highest BCUT2D eigenvalue weighted by Gasteiger charge is 2.11. The molecule has 0 aromatic heterocycles. The summed E-state index contributed by atoms with van der Waals surface area (Å²) in [6, 6.07) is 13.7. The van der Waals surface area contributed by atoms with Crippen molar-refractivity contribution in [2.45, 2.75) is 39.0 Å². The third-order valence-electron chi connectivity index (χ3n) is 4.05. The molecular weight excluding hydrogens is 276 g/mol. The summed E-state index contributed by atoms with van der Waals surface area (Å²) >= 11 is 0. The van der Waals surface area contributed by atoms with Crippen molar-refractivity contribution in [3.05, 3.63) is 48.0 Å². The van der Waals surface area contributed by atoms with E-state index in [1.165, 1.54) is 0 Å². The van der Waals surface area contributed by atoms with Crippen molar-refractivity contribution in [2.24, 2.45) is 5.92 Å². The van der Waals surface area contributed by atoms with E-state index in [9.17, 15) is 9.59 Å². The highest BCUT2D eigenvalue weighted by molar-refractivity contribution is 6.08. The zero-order valence-corrected chi connectivity index (χ0v) is 12.9. The van der Waals surface area contributed by atoms with Crippen LogP contribution in [0.5, 0.6) is 0 Å². The van der Waals surface area contributed by atoms with E-state index < -0.39 is 5.97 Å². The molecule has 0 fully saturated rings. The lowest BCUT2D eigenvalue weighted by molar-refractivity contribution is -0.141. The van der Waals surface area contributed by atoms with E-state index in [2.05, 4.69) is 0 Å². The van der Waals surface area contributed by atoms with Crippen molar-refractivity contribution < 1.29 is 14.7 Å². The number of rotatable bonds is 8. The van der Waals surface area contributed by atoms with E-state index in [0.29, 0.717) is 12.8 Å². The van der Waals surface area contributed by atoms with Gasteiger partial charge in [0.1, 0.15) is 0 Å². The Morgan fingerprint density at radius 2 is 1.73 bits per heavy atom. The molecule has 3 heteroatoms. The van der Waals surface area contributed by atoms with Crippen molar-refractivity contribution in [3.8, 4) is 0 Å². The van der Waals surface area contributed by atoms with Crippen LogP contribution in [0, 0.1) is 5.92 Å². The Kier molecular flexibility index (Phi) is 5.70.